The van der Waals surface area contributed by atoms with Crippen molar-refractivity contribution < 1.29 is 0 Å². The first kappa shape index (κ1) is 31.6. The van der Waals surface area contributed by atoms with Gasteiger partial charge in [-0.1, -0.05) is 72.8 Å². The second kappa shape index (κ2) is 11.7. The molecule has 0 atom stereocenters. The summed E-state index contributed by atoms with van der Waals surface area (Å²) in [5.74, 6) is 0. The van der Waals surface area contributed by atoms with Crippen molar-refractivity contribution in [1.29, 1.82) is 0 Å². The lowest BCUT2D eigenvalue weighted by atomic mass is 9.77. The van der Waals surface area contributed by atoms with E-state index in [1.54, 1.807) is 0 Å². The minimum atomic E-state index is 1.28. The minimum absolute atomic E-state index is 1.28. The van der Waals surface area contributed by atoms with Crippen molar-refractivity contribution in [3.8, 4) is 44.5 Å². The molecule has 0 amide bonds. The third-order valence-electron chi connectivity index (χ3n) is 11.1. The summed E-state index contributed by atoms with van der Waals surface area (Å²) in [6.07, 6.45) is 0. The molecular formula is C46H48. The highest BCUT2D eigenvalue weighted by molar-refractivity contribution is 6.18. The standard InChI is InChI=1S/C46H48/c1-25-17-37(18-26(2)33(25)9)43-41-15-13-14-16-42(41)44(38-19-27(3)34(10)28(4)20-38)46(40-23-31(7)36(12)32(8)24-40)45(43)39-21-29(5)35(11)30(6)22-39/h13-24H,1-12H3. The SMILES string of the molecule is Cc1cc(-c2c(-c3cc(C)c(C)c(C)c3)c(-c3cc(C)c(C)c(C)c3)c3ccccc3c2-c2cc(C)c(C)c(C)c2)cc(C)c1C. The number of aryl methyl sites for hydroxylation is 8. The predicted molar refractivity (Wildman–Crippen MR) is 203 cm³/mol. The highest BCUT2D eigenvalue weighted by Gasteiger charge is 2.26. The van der Waals surface area contributed by atoms with E-state index in [0.717, 1.165) is 0 Å². The van der Waals surface area contributed by atoms with Gasteiger partial charge in [-0.3, -0.25) is 0 Å². The fraction of sp³-hybridized carbons (Fsp3) is 0.261. The third kappa shape index (κ3) is 5.19. The first-order valence-corrected chi connectivity index (χ1v) is 16.7. The Balaban J connectivity index is 1.96. The molecule has 0 aromatic heterocycles. The maximum absolute atomic E-state index is 2.43. The summed E-state index contributed by atoms with van der Waals surface area (Å²) in [6.45, 7) is 27.1. The van der Waals surface area contributed by atoms with Crippen LogP contribution in [0, 0.1) is 83.1 Å². The molecule has 0 bridgehead atoms. The largest absolute Gasteiger partial charge is 0.0616 e. The Morgan fingerprint density at radius 2 is 0.457 bits per heavy atom. The van der Waals surface area contributed by atoms with Crippen LogP contribution >= 0.6 is 0 Å². The molecule has 46 heavy (non-hydrogen) atoms. The molecule has 0 nitrogen and oxygen atoms in total. The molecule has 0 spiro atoms. The van der Waals surface area contributed by atoms with Gasteiger partial charge in [-0.05, 0) is 205 Å². The van der Waals surface area contributed by atoms with Crippen LogP contribution in [0.25, 0.3) is 55.3 Å². The average Bonchev–Trinajstić information content (AvgIpc) is 3.01. The summed E-state index contributed by atoms with van der Waals surface area (Å²) < 4.78 is 0. The van der Waals surface area contributed by atoms with Gasteiger partial charge >= 0.3 is 0 Å². The molecular weight excluding hydrogens is 553 g/mol. The number of hydrogen-bond acceptors (Lipinski definition) is 0. The Kier molecular flexibility index (Phi) is 8.06. The zero-order valence-corrected chi connectivity index (χ0v) is 29.9. The van der Waals surface area contributed by atoms with Gasteiger partial charge in [0.05, 0.1) is 0 Å². The first-order chi connectivity index (χ1) is 21.8. The smallest absolute Gasteiger partial charge is 0.00139 e. The number of fused-ring (bicyclic) bond motifs is 1. The van der Waals surface area contributed by atoms with Gasteiger partial charge in [0.2, 0.25) is 0 Å². The van der Waals surface area contributed by atoms with E-state index in [0.29, 0.717) is 0 Å². The zero-order valence-electron chi connectivity index (χ0n) is 29.9. The Bertz CT molecular complexity index is 1950. The molecule has 0 N–H and O–H groups in total. The summed E-state index contributed by atoms with van der Waals surface area (Å²) in [6, 6.07) is 28.5. The third-order valence-corrected chi connectivity index (χ3v) is 11.1. The number of hydrogen-bond donors (Lipinski definition) is 0. The summed E-state index contributed by atoms with van der Waals surface area (Å²) in [7, 11) is 0. The highest BCUT2D eigenvalue weighted by Crippen LogP contribution is 2.52. The number of rotatable bonds is 4. The second-order valence-electron chi connectivity index (χ2n) is 14.0. The molecule has 0 radical (unpaired) electrons. The van der Waals surface area contributed by atoms with Crippen molar-refractivity contribution in [2.45, 2.75) is 83.1 Å². The molecule has 6 rings (SSSR count). The fourth-order valence-corrected chi connectivity index (χ4v) is 7.34. The van der Waals surface area contributed by atoms with Crippen molar-refractivity contribution in [3.05, 3.63) is 140 Å². The Labute approximate surface area is 277 Å². The van der Waals surface area contributed by atoms with Gasteiger partial charge < -0.3 is 0 Å². The molecule has 0 heterocycles. The van der Waals surface area contributed by atoms with Crippen LogP contribution in [-0.4, -0.2) is 0 Å². The summed E-state index contributed by atoms with van der Waals surface area (Å²) in [5, 5.41) is 2.59. The maximum Gasteiger partial charge on any atom is -0.00139 e. The molecule has 6 aromatic rings. The van der Waals surface area contributed by atoms with Gasteiger partial charge in [0.25, 0.3) is 0 Å². The van der Waals surface area contributed by atoms with Gasteiger partial charge in [0.1, 0.15) is 0 Å². The Morgan fingerprint density at radius 3 is 0.674 bits per heavy atom. The molecule has 0 saturated carbocycles. The topological polar surface area (TPSA) is 0 Å². The van der Waals surface area contributed by atoms with Crippen molar-refractivity contribution in [2.75, 3.05) is 0 Å². The highest BCUT2D eigenvalue weighted by atomic mass is 14.3. The van der Waals surface area contributed by atoms with E-state index in [9.17, 15) is 0 Å². The Morgan fingerprint density at radius 1 is 0.261 bits per heavy atom. The van der Waals surface area contributed by atoms with Crippen molar-refractivity contribution >= 4 is 10.8 Å². The minimum Gasteiger partial charge on any atom is -0.0616 e. The van der Waals surface area contributed by atoms with Crippen LogP contribution in [0.2, 0.25) is 0 Å². The van der Waals surface area contributed by atoms with Crippen molar-refractivity contribution in [3.63, 3.8) is 0 Å². The summed E-state index contributed by atoms with van der Waals surface area (Å²) in [5.41, 5.74) is 26.5. The zero-order chi connectivity index (χ0) is 33.2. The summed E-state index contributed by atoms with van der Waals surface area (Å²) >= 11 is 0. The summed E-state index contributed by atoms with van der Waals surface area (Å²) in [4.78, 5) is 0. The quantitative estimate of drug-likeness (QED) is 0.189. The Hall–Kier alpha value is -4.42. The van der Waals surface area contributed by atoms with E-state index < -0.39 is 0 Å². The molecule has 6 aromatic carbocycles. The van der Waals surface area contributed by atoms with E-state index in [1.807, 2.05) is 0 Å². The van der Waals surface area contributed by atoms with E-state index >= 15 is 0 Å². The first-order valence-electron chi connectivity index (χ1n) is 16.7. The molecule has 0 aliphatic heterocycles. The van der Waals surface area contributed by atoms with E-state index in [1.165, 1.54) is 122 Å². The molecule has 0 aliphatic carbocycles. The molecule has 0 heteroatoms. The van der Waals surface area contributed by atoms with Crippen LogP contribution in [0.4, 0.5) is 0 Å². The van der Waals surface area contributed by atoms with Crippen LogP contribution in [0.5, 0.6) is 0 Å². The van der Waals surface area contributed by atoms with Gasteiger partial charge in [0, 0.05) is 0 Å². The van der Waals surface area contributed by atoms with Crippen LogP contribution in [0.1, 0.15) is 66.8 Å². The fourth-order valence-electron chi connectivity index (χ4n) is 7.34. The normalized spacial score (nSPS) is 11.5. The maximum atomic E-state index is 2.43. The molecule has 0 fully saturated rings. The van der Waals surface area contributed by atoms with Crippen LogP contribution in [0.15, 0.2) is 72.8 Å². The van der Waals surface area contributed by atoms with Crippen LogP contribution in [0.3, 0.4) is 0 Å². The predicted octanol–water partition coefficient (Wildman–Crippen LogP) is 13.2. The van der Waals surface area contributed by atoms with Gasteiger partial charge in [-0.15, -0.1) is 0 Å². The molecule has 0 aliphatic rings. The molecule has 0 unspecified atom stereocenters. The number of benzene rings is 6. The van der Waals surface area contributed by atoms with E-state index in [2.05, 4.69) is 156 Å². The lowest BCUT2D eigenvalue weighted by Crippen LogP contribution is -2.01. The average molecular weight is 601 g/mol. The van der Waals surface area contributed by atoms with Crippen molar-refractivity contribution in [1.82, 2.24) is 0 Å². The monoisotopic (exact) mass is 600 g/mol. The van der Waals surface area contributed by atoms with E-state index in [4.69, 9.17) is 0 Å². The van der Waals surface area contributed by atoms with Gasteiger partial charge in [0.15, 0.2) is 0 Å². The van der Waals surface area contributed by atoms with Gasteiger partial charge in [-0.2, -0.15) is 0 Å². The van der Waals surface area contributed by atoms with Crippen LogP contribution in [-0.2, 0) is 0 Å². The molecule has 232 valence electrons. The van der Waals surface area contributed by atoms with E-state index in [-0.39, 0.29) is 0 Å². The lowest BCUT2D eigenvalue weighted by molar-refractivity contribution is 1.26. The second-order valence-corrected chi connectivity index (χ2v) is 14.0. The van der Waals surface area contributed by atoms with Crippen molar-refractivity contribution in [2.24, 2.45) is 0 Å². The van der Waals surface area contributed by atoms with Gasteiger partial charge in [-0.25, -0.2) is 0 Å². The van der Waals surface area contributed by atoms with Crippen LogP contribution < -0.4 is 0 Å². The lowest BCUT2D eigenvalue weighted by Gasteiger charge is -2.26. The molecule has 0 saturated heterocycles.